The molecule has 0 atom stereocenters. The fourth-order valence-electron chi connectivity index (χ4n) is 2.70. The van der Waals surface area contributed by atoms with E-state index >= 15 is 0 Å². The molecule has 4 N–H and O–H groups in total. The number of ether oxygens (including phenoxy) is 1. The first-order valence-corrected chi connectivity index (χ1v) is 7.71. The summed E-state index contributed by atoms with van der Waals surface area (Å²) < 4.78 is 5.16. The van der Waals surface area contributed by atoms with Gasteiger partial charge < -0.3 is 10.1 Å². The van der Waals surface area contributed by atoms with Crippen LogP contribution in [0.15, 0.2) is 29.3 Å². The molecule has 5 heteroatoms. The maximum absolute atomic E-state index is 5.62. The molecule has 0 bridgehead atoms. The Bertz CT molecular complexity index is 455. The van der Waals surface area contributed by atoms with Crippen LogP contribution in [0.1, 0.15) is 37.7 Å². The molecule has 1 aliphatic carbocycles. The molecule has 0 aromatic heterocycles. The van der Waals surface area contributed by atoms with Crippen molar-refractivity contribution < 1.29 is 4.74 Å². The molecule has 116 valence electrons. The Kier molecular flexibility index (Phi) is 6.50. The third-order valence-corrected chi connectivity index (χ3v) is 3.87. The lowest BCUT2D eigenvalue weighted by molar-refractivity contribution is 0.202. The van der Waals surface area contributed by atoms with Crippen molar-refractivity contribution in [3.05, 3.63) is 29.8 Å². The molecule has 1 aromatic rings. The van der Waals surface area contributed by atoms with Crippen LogP contribution < -0.4 is 16.6 Å². The number of benzene rings is 1. The molecule has 2 rings (SSSR count). The highest BCUT2D eigenvalue weighted by Gasteiger charge is 2.13. The number of rotatable bonds is 5. The molecule has 1 saturated carbocycles. The van der Waals surface area contributed by atoms with Crippen LogP contribution >= 0.6 is 0 Å². The normalized spacial score (nSPS) is 16.8. The highest BCUT2D eigenvalue weighted by Crippen LogP contribution is 2.21. The van der Waals surface area contributed by atoms with Crippen molar-refractivity contribution in [1.82, 2.24) is 5.43 Å². The van der Waals surface area contributed by atoms with Crippen LogP contribution in [0, 0.1) is 0 Å². The Balaban J connectivity index is 2.05. The van der Waals surface area contributed by atoms with Crippen LogP contribution in [0.2, 0.25) is 0 Å². The lowest BCUT2D eigenvalue weighted by atomic mass is 9.96. The largest absolute Gasteiger partial charge is 0.384 e. The predicted octanol–water partition coefficient (Wildman–Crippen LogP) is 2.44. The summed E-state index contributed by atoms with van der Waals surface area (Å²) in [6, 6.07) is 8.55. The smallest absolute Gasteiger partial charge is 0.210 e. The van der Waals surface area contributed by atoms with Gasteiger partial charge in [-0.15, -0.1) is 0 Å². The molecular weight excluding hydrogens is 264 g/mol. The first kappa shape index (κ1) is 15.8. The second kappa shape index (κ2) is 8.64. The number of nitrogens with one attached hydrogen (secondary N) is 2. The number of anilines is 1. The molecule has 1 aliphatic rings. The number of para-hydroxylation sites is 1. The van der Waals surface area contributed by atoms with Crippen LogP contribution in [0.4, 0.5) is 5.69 Å². The van der Waals surface area contributed by atoms with Gasteiger partial charge in [0.15, 0.2) is 0 Å². The van der Waals surface area contributed by atoms with E-state index in [2.05, 4.69) is 16.8 Å². The topological polar surface area (TPSA) is 71.7 Å². The van der Waals surface area contributed by atoms with Crippen LogP contribution in [0.5, 0.6) is 0 Å². The van der Waals surface area contributed by atoms with Gasteiger partial charge in [-0.25, -0.2) is 10.8 Å². The number of guanidine groups is 1. The van der Waals surface area contributed by atoms with E-state index in [-0.39, 0.29) is 0 Å². The summed E-state index contributed by atoms with van der Waals surface area (Å²) in [5.41, 5.74) is 4.92. The minimum absolute atomic E-state index is 0.378. The van der Waals surface area contributed by atoms with Crippen molar-refractivity contribution in [2.45, 2.75) is 44.6 Å². The molecule has 5 nitrogen and oxygen atoms in total. The Morgan fingerprint density at radius 2 is 2.05 bits per heavy atom. The van der Waals surface area contributed by atoms with Gasteiger partial charge in [-0.1, -0.05) is 37.5 Å². The Hall–Kier alpha value is -1.59. The molecule has 0 unspecified atom stereocenters. The van der Waals surface area contributed by atoms with E-state index in [4.69, 9.17) is 15.6 Å². The van der Waals surface area contributed by atoms with Crippen molar-refractivity contribution in [1.29, 1.82) is 0 Å². The quantitative estimate of drug-likeness (QED) is 0.337. The van der Waals surface area contributed by atoms with E-state index in [9.17, 15) is 0 Å². The summed E-state index contributed by atoms with van der Waals surface area (Å²) >= 11 is 0. The average Bonchev–Trinajstić information content (AvgIpc) is 2.54. The zero-order valence-corrected chi connectivity index (χ0v) is 12.8. The number of nitrogens with zero attached hydrogens (tertiary/aromatic N) is 1. The summed E-state index contributed by atoms with van der Waals surface area (Å²) in [5.74, 6) is 6.27. The first-order valence-electron chi connectivity index (χ1n) is 7.71. The number of hydrazine groups is 1. The van der Waals surface area contributed by atoms with Crippen molar-refractivity contribution in [3.8, 4) is 0 Å². The number of aliphatic imine (C=N–C) groups is 1. The minimum Gasteiger partial charge on any atom is -0.384 e. The number of nitrogens with two attached hydrogens (primary N) is 1. The van der Waals surface area contributed by atoms with Gasteiger partial charge in [0.25, 0.3) is 0 Å². The molecule has 1 fully saturated rings. The summed E-state index contributed by atoms with van der Waals surface area (Å²) in [6.45, 7) is 0.698. The summed E-state index contributed by atoms with van der Waals surface area (Å²) in [7, 11) is 1.72. The van der Waals surface area contributed by atoms with Crippen LogP contribution in [0.3, 0.4) is 0 Å². The summed E-state index contributed by atoms with van der Waals surface area (Å²) in [6.07, 6.45) is 7.01. The monoisotopic (exact) mass is 290 g/mol. The van der Waals surface area contributed by atoms with Crippen molar-refractivity contribution >= 4 is 11.6 Å². The maximum atomic E-state index is 5.62. The number of hydrogen-bond acceptors (Lipinski definition) is 3. The molecule has 0 amide bonds. The van der Waals surface area contributed by atoms with E-state index in [1.54, 1.807) is 7.11 Å². The van der Waals surface area contributed by atoms with Crippen molar-refractivity contribution in [2.75, 3.05) is 19.0 Å². The molecule has 0 spiro atoms. The van der Waals surface area contributed by atoms with Crippen LogP contribution in [0.25, 0.3) is 0 Å². The van der Waals surface area contributed by atoms with Crippen LogP contribution in [-0.2, 0) is 11.2 Å². The van der Waals surface area contributed by atoms with Gasteiger partial charge in [0, 0.05) is 12.8 Å². The average molecular weight is 290 g/mol. The van der Waals surface area contributed by atoms with Gasteiger partial charge >= 0.3 is 0 Å². The van der Waals surface area contributed by atoms with E-state index in [0.29, 0.717) is 18.6 Å². The molecule has 1 aromatic carbocycles. The fourth-order valence-corrected chi connectivity index (χ4v) is 2.70. The Morgan fingerprint density at radius 1 is 1.29 bits per heavy atom. The lowest BCUT2D eigenvalue weighted by Gasteiger charge is -2.20. The molecule has 21 heavy (non-hydrogen) atoms. The second-order valence-electron chi connectivity index (χ2n) is 5.44. The van der Waals surface area contributed by atoms with Crippen LogP contribution in [-0.4, -0.2) is 25.7 Å². The fraction of sp³-hybridized carbons (Fsp3) is 0.562. The molecule has 0 heterocycles. The second-order valence-corrected chi connectivity index (χ2v) is 5.44. The summed E-state index contributed by atoms with van der Waals surface area (Å²) in [4.78, 5) is 4.71. The first-order chi connectivity index (χ1) is 10.3. The minimum atomic E-state index is 0.378. The molecule has 0 radical (unpaired) electrons. The van der Waals surface area contributed by atoms with E-state index < -0.39 is 0 Å². The third kappa shape index (κ3) is 5.02. The van der Waals surface area contributed by atoms with E-state index in [1.807, 2.05) is 18.2 Å². The van der Waals surface area contributed by atoms with Gasteiger partial charge in [-0.3, -0.25) is 5.43 Å². The van der Waals surface area contributed by atoms with Gasteiger partial charge in [-0.2, -0.15) is 0 Å². The lowest BCUT2D eigenvalue weighted by Crippen LogP contribution is -2.37. The predicted molar refractivity (Wildman–Crippen MR) is 87.3 cm³/mol. The van der Waals surface area contributed by atoms with Crippen molar-refractivity contribution in [3.63, 3.8) is 0 Å². The summed E-state index contributed by atoms with van der Waals surface area (Å²) in [5, 5.41) is 3.31. The molecule has 0 aliphatic heterocycles. The van der Waals surface area contributed by atoms with Gasteiger partial charge in [0.2, 0.25) is 5.96 Å². The Morgan fingerprint density at radius 3 is 2.76 bits per heavy atom. The van der Waals surface area contributed by atoms with Gasteiger partial charge in [-0.05, 0) is 30.9 Å². The van der Waals surface area contributed by atoms with E-state index in [0.717, 1.165) is 24.9 Å². The maximum Gasteiger partial charge on any atom is 0.210 e. The Labute approximate surface area is 126 Å². The van der Waals surface area contributed by atoms with Crippen molar-refractivity contribution in [2.24, 2.45) is 10.8 Å². The highest BCUT2D eigenvalue weighted by molar-refractivity contribution is 5.94. The van der Waals surface area contributed by atoms with Gasteiger partial charge in [0.1, 0.15) is 0 Å². The molecular formula is C16H26N4O. The zero-order chi connectivity index (χ0) is 14.9. The van der Waals surface area contributed by atoms with E-state index in [1.165, 1.54) is 24.8 Å². The third-order valence-electron chi connectivity index (χ3n) is 3.87. The van der Waals surface area contributed by atoms with Gasteiger partial charge in [0.05, 0.1) is 12.6 Å². The molecule has 0 saturated heterocycles. The number of hydrogen-bond donors (Lipinski definition) is 3. The standard InChI is InChI=1S/C16H26N4O/c1-21-12-11-13-7-5-6-10-15(13)19-16(20-17)18-14-8-3-2-4-9-14/h5-7,10,14H,2-4,8-9,11-12,17H2,1H3,(H2,18,19,20). The SMILES string of the molecule is COCCc1ccccc1NC(=NC1CCCCC1)NN. The number of methoxy groups -OCH3 is 1. The zero-order valence-electron chi connectivity index (χ0n) is 12.8. The highest BCUT2D eigenvalue weighted by atomic mass is 16.5.